The van der Waals surface area contributed by atoms with Crippen LogP contribution >= 0.6 is 0 Å². The van der Waals surface area contributed by atoms with E-state index in [-0.39, 0.29) is 21.9 Å². The number of methoxy groups -OCH3 is 1. The molecule has 0 unspecified atom stereocenters. The number of hydrogen-bond donors (Lipinski definition) is 1. The van der Waals surface area contributed by atoms with Crippen molar-refractivity contribution in [3.8, 4) is 5.75 Å². The van der Waals surface area contributed by atoms with Crippen LogP contribution in [0, 0.1) is 19.7 Å². The van der Waals surface area contributed by atoms with Crippen LogP contribution in [0.3, 0.4) is 0 Å². The van der Waals surface area contributed by atoms with Crippen molar-refractivity contribution in [2.24, 2.45) is 0 Å². The molecular formula is C14H17FN2O4S. The molecule has 0 fully saturated rings. The number of sulfonamides is 1. The van der Waals surface area contributed by atoms with Gasteiger partial charge < -0.3 is 9.26 Å². The number of rotatable bonds is 5. The lowest BCUT2D eigenvalue weighted by Gasteiger charge is -2.12. The fourth-order valence-electron chi connectivity index (χ4n) is 2.07. The van der Waals surface area contributed by atoms with E-state index in [1.165, 1.54) is 26.2 Å². The lowest BCUT2D eigenvalue weighted by molar-refractivity contribution is 0.383. The molecule has 0 radical (unpaired) electrons. The summed E-state index contributed by atoms with van der Waals surface area (Å²) in [7, 11) is -2.64. The summed E-state index contributed by atoms with van der Waals surface area (Å²) in [6, 6.07) is 2.58. The first-order valence-corrected chi connectivity index (χ1v) is 8.11. The van der Waals surface area contributed by atoms with Gasteiger partial charge in [0.25, 0.3) is 10.0 Å². The summed E-state index contributed by atoms with van der Waals surface area (Å²) in [6.45, 7) is 4.83. The Kier molecular flexibility index (Phi) is 4.41. The van der Waals surface area contributed by atoms with Gasteiger partial charge in [0.15, 0.2) is 17.3 Å². The second kappa shape index (κ2) is 5.96. The molecular weight excluding hydrogens is 311 g/mol. The third kappa shape index (κ3) is 2.78. The summed E-state index contributed by atoms with van der Waals surface area (Å²) >= 11 is 0. The molecule has 0 amide bonds. The first-order valence-electron chi connectivity index (χ1n) is 6.62. The Labute approximate surface area is 128 Å². The molecule has 0 spiro atoms. The van der Waals surface area contributed by atoms with Gasteiger partial charge in [-0.25, -0.2) is 12.8 Å². The van der Waals surface area contributed by atoms with Crippen LogP contribution in [-0.2, 0) is 16.4 Å². The Bertz CT molecular complexity index is 799. The van der Waals surface area contributed by atoms with Crippen LogP contribution in [0.2, 0.25) is 0 Å². The van der Waals surface area contributed by atoms with Gasteiger partial charge in [-0.2, -0.15) is 0 Å². The number of ether oxygens (including phenoxy) is 1. The average Bonchev–Trinajstić information content (AvgIpc) is 2.81. The number of benzene rings is 1. The first kappa shape index (κ1) is 16.3. The highest BCUT2D eigenvalue weighted by Crippen LogP contribution is 2.29. The second-order valence-corrected chi connectivity index (χ2v) is 6.38. The topological polar surface area (TPSA) is 81.4 Å². The highest BCUT2D eigenvalue weighted by atomic mass is 32.2. The van der Waals surface area contributed by atoms with Crippen molar-refractivity contribution >= 4 is 15.7 Å². The molecule has 0 aliphatic carbocycles. The average molecular weight is 328 g/mol. The molecule has 8 heteroatoms. The maximum Gasteiger partial charge on any atom is 0.262 e. The molecule has 0 aliphatic rings. The summed E-state index contributed by atoms with van der Waals surface area (Å²) < 4.78 is 51.4. The Morgan fingerprint density at radius 3 is 2.64 bits per heavy atom. The molecule has 0 saturated carbocycles. The van der Waals surface area contributed by atoms with Crippen LogP contribution in [0.15, 0.2) is 21.6 Å². The number of nitrogens with one attached hydrogen (secondary N) is 1. The van der Waals surface area contributed by atoms with E-state index in [4.69, 9.17) is 9.26 Å². The zero-order valence-electron chi connectivity index (χ0n) is 12.7. The van der Waals surface area contributed by atoms with Crippen molar-refractivity contribution in [3.63, 3.8) is 0 Å². The molecule has 120 valence electrons. The van der Waals surface area contributed by atoms with Crippen molar-refractivity contribution in [1.82, 2.24) is 5.16 Å². The highest BCUT2D eigenvalue weighted by molar-refractivity contribution is 7.92. The number of aryl methyl sites for hydroxylation is 2. The van der Waals surface area contributed by atoms with Crippen molar-refractivity contribution in [3.05, 3.63) is 35.0 Å². The fraction of sp³-hybridized carbons (Fsp3) is 0.357. The molecule has 0 atom stereocenters. The van der Waals surface area contributed by atoms with Gasteiger partial charge in [-0.1, -0.05) is 12.1 Å². The van der Waals surface area contributed by atoms with Crippen LogP contribution < -0.4 is 9.46 Å². The monoisotopic (exact) mass is 328 g/mol. The van der Waals surface area contributed by atoms with Gasteiger partial charge >= 0.3 is 0 Å². The minimum atomic E-state index is -3.96. The quantitative estimate of drug-likeness (QED) is 0.913. The maximum atomic E-state index is 14.0. The van der Waals surface area contributed by atoms with Gasteiger partial charge in [0.05, 0.1) is 12.0 Å². The van der Waals surface area contributed by atoms with E-state index in [1.54, 1.807) is 6.92 Å². The van der Waals surface area contributed by atoms with Crippen molar-refractivity contribution < 1.29 is 22.1 Å². The van der Waals surface area contributed by atoms with Crippen LogP contribution in [0.4, 0.5) is 10.1 Å². The predicted octanol–water partition coefficient (Wildman–Crippen LogP) is 2.80. The van der Waals surface area contributed by atoms with Crippen molar-refractivity contribution in [1.29, 1.82) is 0 Å². The maximum absolute atomic E-state index is 14.0. The van der Waals surface area contributed by atoms with E-state index in [9.17, 15) is 12.8 Å². The molecule has 1 aromatic heterocycles. The lowest BCUT2D eigenvalue weighted by atomic mass is 10.2. The van der Waals surface area contributed by atoms with Crippen molar-refractivity contribution in [2.45, 2.75) is 32.1 Å². The Hall–Kier alpha value is -2.09. The molecule has 0 bridgehead atoms. The van der Waals surface area contributed by atoms with Crippen LogP contribution in [0.25, 0.3) is 0 Å². The van der Waals surface area contributed by atoms with Gasteiger partial charge in [0, 0.05) is 12.0 Å². The van der Waals surface area contributed by atoms with Gasteiger partial charge in [-0.3, -0.25) is 4.72 Å². The Balaban J connectivity index is 2.48. The molecule has 6 nitrogen and oxygen atoms in total. The predicted molar refractivity (Wildman–Crippen MR) is 79.1 cm³/mol. The van der Waals surface area contributed by atoms with Gasteiger partial charge in [0.2, 0.25) is 0 Å². The van der Waals surface area contributed by atoms with Gasteiger partial charge in [-0.05, 0) is 26.0 Å². The molecule has 0 aliphatic heterocycles. The van der Waals surface area contributed by atoms with Gasteiger partial charge in [-0.15, -0.1) is 0 Å². The lowest BCUT2D eigenvalue weighted by Crippen LogP contribution is -2.16. The van der Waals surface area contributed by atoms with E-state index in [1.807, 2.05) is 6.92 Å². The Morgan fingerprint density at radius 2 is 2.05 bits per heavy atom. The molecule has 22 heavy (non-hydrogen) atoms. The molecule has 2 aromatic rings. The largest absolute Gasteiger partial charge is 0.494 e. The van der Waals surface area contributed by atoms with E-state index in [0.717, 1.165) is 0 Å². The third-order valence-corrected chi connectivity index (χ3v) is 4.80. The first-order chi connectivity index (χ1) is 10.3. The van der Waals surface area contributed by atoms with Crippen LogP contribution in [0.1, 0.15) is 23.9 Å². The fourth-order valence-corrected chi connectivity index (χ4v) is 3.45. The molecule has 1 N–H and O–H groups in total. The summed E-state index contributed by atoms with van der Waals surface area (Å²) in [5.41, 5.74) is 0.698. The summed E-state index contributed by atoms with van der Waals surface area (Å²) in [4.78, 5) is -0.159. The molecule has 2 rings (SSSR count). The van der Waals surface area contributed by atoms with E-state index < -0.39 is 15.8 Å². The summed E-state index contributed by atoms with van der Waals surface area (Å²) in [5.74, 6) is -0.289. The van der Waals surface area contributed by atoms with Gasteiger partial charge in [0.1, 0.15) is 11.4 Å². The zero-order chi connectivity index (χ0) is 16.5. The molecule has 1 aromatic carbocycles. The number of anilines is 1. The number of hydrogen-bond acceptors (Lipinski definition) is 5. The van der Waals surface area contributed by atoms with Crippen LogP contribution in [-0.4, -0.2) is 20.7 Å². The number of halogens is 1. The summed E-state index contributed by atoms with van der Waals surface area (Å²) in [5, 5.41) is 3.74. The number of aromatic nitrogens is 1. The normalized spacial score (nSPS) is 11.5. The second-order valence-electron chi connectivity index (χ2n) is 4.73. The Morgan fingerprint density at radius 1 is 1.36 bits per heavy atom. The SMILES string of the molecule is CCc1onc(C)c1NS(=O)(=O)c1ccc(OC)c(F)c1C. The molecule has 1 heterocycles. The standard InChI is InChI=1S/C14H17FN2O4S/c1-5-10-14(9(3)16-21-10)17-22(18,19)12-7-6-11(20-4)13(15)8(12)2/h6-7,17H,5H2,1-4H3. The summed E-state index contributed by atoms with van der Waals surface area (Å²) in [6.07, 6.45) is 0.481. The number of nitrogens with zero attached hydrogens (tertiary/aromatic N) is 1. The van der Waals surface area contributed by atoms with Crippen LogP contribution in [0.5, 0.6) is 5.75 Å². The minimum Gasteiger partial charge on any atom is -0.494 e. The molecule has 0 saturated heterocycles. The van der Waals surface area contributed by atoms with E-state index >= 15 is 0 Å². The van der Waals surface area contributed by atoms with Crippen molar-refractivity contribution in [2.75, 3.05) is 11.8 Å². The highest BCUT2D eigenvalue weighted by Gasteiger charge is 2.24. The van der Waals surface area contributed by atoms with E-state index in [2.05, 4.69) is 9.88 Å². The third-order valence-electron chi connectivity index (χ3n) is 3.30. The van der Waals surface area contributed by atoms with E-state index in [0.29, 0.717) is 17.9 Å². The minimum absolute atomic E-state index is 0.00754. The smallest absolute Gasteiger partial charge is 0.262 e. The zero-order valence-corrected chi connectivity index (χ0v) is 13.5.